The van der Waals surface area contributed by atoms with E-state index in [0.717, 1.165) is 0 Å². The number of amides is 3. The number of likely N-dealkylation sites (N-methyl/N-ethyl adjacent to an activating group) is 1. The van der Waals surface area contributed by atoms with Gasteiger partial charge in [0.15, 0.2) is 6.04 Å². The molecule has 4 N–H and O–H groups in total. The second-order valence-electron chi connectivity index (χ2n) is 4.10. The second kappa shape index (κ2) is 8.30. The third-order valence-electron chi connectivity index (χ3n) is 2.42. The van der Waals surface area contributed by atoms with E-state index in [0.29, 0.717) is 13.0 Å². The predicted molar refractivity (Wildman–Crippen MR) is 67.6 cm³/mol. The van der Waals surface area contributed by atoms with Crippen molar-refractivity contribution >= 4 is 17.9 Å². The average Bonchev–Trinajstić information content (AvgIpc) is 2.33. The Kier molecular flexibility index (Phi) is 7.50. The molecule has 110 valence electrons. The largest absolute Gasteiger partial charge is 0.480 e. The zero-order chi connectivity index (χ0) is 15.0. The number of hydrogen-bond acceptors (Lipinski definition) is 4. The summed E-state index contributed by atoms with van der Waals surface area (Å²) >= 11 is 0. The number of carboxylic acid groups (broad SMARTS) is 1. The molecule has 3 amide bonds. The van der Waals surface area contributed by atoms with E-state index in [4.69, 9.17) is 5.11 Å². The molecule has 2 atom stereocenters. The van der Waals surface area contributed by atoms with Gasteiger partial charge in [0.2, 0.25) is 5.91 Å². The Morgan fingerprint density at radius 2 is 1.89 bits per heavy atom. The Hall–Kier alpha value is -1.83. The quantitative estimate of drug-likeness (QED) is 0.474. The van der Waals surface area contributed by atoms with Crippen LogP contribution in [0.2, 0.25) is 0 Å². The van der Waals surface area contributed by atoms with E-state index in [1.165, 1.54) is 18.9 Å². The van der Waals surface area contributed by atoms with E-state index in [2.05, 4.69) is 10.6 Å². The van der Waals surface area contributed by atoms with E-state index in [-0.39, 0.29) is 12.5 Å². The molecule has 0 spiro atoms. The lowest BCUT2D eigenvalue weighted by Crippen LogP contribution is -2.53. The minimum Gasteiger partial charge on any atom is -0.480 e. The molecule has 0 aliphatic heterocycles. The molecule has 0 saturated carbocycles. The van der Waals surface area contributed by atoms with Gasteiger partial charge in [0, 0.05) is 13.6 Å². The maximum absolute atomic E-state index is 11.9. The Bertz CT molecular complexity index is 332. The third kappa shape index (κ3) is 6.05. The first-order chi connectivity index (χ1) is 8.83. The highest BCUT2D eigenvalue weighted by atomic mass is 16.4. The van der Waals surface area contributed by atoms with E-state index < -0.39 is 24.1 Å². The minimum atomic E-state index is -1.41. The number of rotatable bonds is 7. The standard InChI is InChI=1S/C11H21N3O5/c1-4-5-14(6-8(16)12-3)11(19)13-9(7(2)15)10(17)18/h7,9,15H,4-6H2,1-3H3,(H,12,16)(H,13,19)(H,17,18)/t7-,9+/m1/s1. The first-order valence-electron chi connectivity index (χ1n) is 6.00. The molecule has 0 rings (SSSR count). The van der Waals surface area contributed by atoms with Crippen molar-refractivity contribution in [3.8, 4) is 0 Å². The van der Waals surface area contributed by atoms with Gasteiger partial charge in [-0.3, -0.25) is 4.79 Å². The van der Waals surface area contributed by atoms with E-state index in [1.807, 2.05) is 6.92 Å². The van der Waals surface area contributed by atoms with Crippen LogP contribution in [0.15, 0.2) is 0 Å². The van der Waals surface area contributed by atoms with Gasteiger partial charge in [0.05, 0.1) is 6.10 Å². The molecule has 0 aromatic carbocycles. The first kappa shape index (κ1) is 17.2. The number of aliphatic hydroxyl groups is 1. The molecule has 0 aliphatic rings. The van der Waals surface area contributed by atoms with Gasteiger partial charge in [-0.2, -0.15) is 0 Å². The number of carbonyl (C=O) groups is 3. The van der Waals surface area contributed by atoms with Gasteiger partial charge in [-0.05, 0) is 13.3 Å². The maximum Gasteiger partial charge on any atom is 0.328 e. The number of hydrogen-bond donors (Lipinski definition) is 4. The van der Waals surface area contributed by atoms with Crippen LogP contribution in [0.4, 0.5) is 4.79 Å². The van der Waals surface area contributed by atoms with Crippen molar-refractivity contribution in [1.82, 2.24) is 15.5 Å². The van der Waals surface area contributed by atoms with E-state index in [9.17, 15) is 19.5 Å². The lowest BCUT2D eigenvalue weighted by atomic mass is 10.2. The highest BCUT2D eigenvalue weighted by Crippen LogP contribution is 1.98. The highest BCUT2D eigenvalue weighted by molar-refractivity contribution is 5.86. The molecule has 0 radical (unpaired) electrons. The molecule has 19 heavy (non-hydrogen) atoms. The molecule has 0 aromatic rings. The summed E-state index contributed by atoms with van der Waals surface area (Å²) in [5.74, 6) is -1.69. The molecule has 0 unspecified atom stereocenters. The normalized spacial score (nSPS) is 13.3. The number of carbonyl (C=O) groups excluding carboxylic acids is 2. The lowest BCUT2D eigenvalue weighted by Gasteiger charge is -2.25. The van der Waals surface area contributed by atoms with Gasteiger partial charge in [-0.1, -0.05) is 6.92 Å². The zero-order valence-corrected chi connectivity index (χ0v) is 11.3. The van der Waals surface area contributed by atoms with Crippen molar-refractivity contribution in [3.05, 3.63) is 0 Å². The smallest absolute Gasteiger partial charge is 0.328 e. The topological polar surface area (TPSA) is 119 Å². The van der Waals surface area contributed by atoms with Crippen LogP contribution in [0.25, 0.3) is 0 Å². The summed E-state index contributed by atoms with van der Waals surface area (Å²) in [7, 11) is 1.44. The van der Waals surface area contributed by atoms with Crippen molar-refractivity contribution in [3.63, 3.8) is 0 Å². The summed E-state index contributed by atoms with van der Waals surface area (Å²) in [6.07, 6.45) is -0.610. The molecule has 8 heteroatoms. The van der Waals surface area contributed by atoms with Crippen LogP contribution in [0.3, 0.4) is 0 Å². The Labute approximate surface area is 111 Å². The molecule has 0 heterocycles. The van der Waals surface area contributed by atoms with Gasteiger partial charge >= 0.3 is 12.0 Å². The van der Waals surface area contributed by atoms with Crippen LogP contribution < -0.4 is 10.6 Å². The number of nitrogens with zero attached hydrogens (tertiary/aromatic N) is 1. The van der Waals surface area contributed by atoms with Crippen LogP contribution in [-0.4, -0.2) is 65.3 Å². The van der Waals surface area contributed by atoms with Crippen LogP contribution in [0, 0.1) is 0 Å². The number of urea groups is 1. The Balaban J connectivity index is 4.70. The van der Waals surface area contributed by atoms with Crippen LogP contribution in [0.5, 0.6) is 0 Å². The number of aliphatic hydroxyl groups excluding tert-OH is 1. The van der Waals surface area contributed by atoms with Gasteiger partial charge in [0.1, 0.15) is 6.54 Å². The van der Waals surface area contributed by atoms with Crippen molar-refractivity contribution < 1.29 is 24.6 Å². The maximum atomic E-state index is 11.9. The molecule has 0 saturated heterocycles. The van der Waals surface area contributed by atoms with Crippen LogP contribution in [-0.2, 0) is 9.59 Å². The fourth-order valence-electron chi connectivity index (χ4n) is 1.39. The number of aliphatic carboxylic acids is 1. The van der Waals surface area contributed by atoms with Crippen molar-refractivity contribution in [2.75, 3.05) is 20.1 Å². The minimum absolute atomic E-state index is 0.164. The molecular weight excluding hydrogens is 254 g/mol. The fourth-order valence-corrected chi connectivity index (χ4v) is 1.39. The lowest BCUT2D eigenvalue weighted by molar-refractivity contribution is -0.141. The SMILES string of the molecule is CCCN(CC(=O)NC)C(=O)N[C@H](C(=O)O)[C@@H](C)O. The summed E-state index contributed by atoms with van der Waals surface area (Å²) in [5.41, 5.74) is 0. The van der Waals surface area contributed by atoms with Crippen LogP contribution in [0.1, 0.15) is 20.3 Å². The molecule has 0 aromatic heterocycles. The monoisotopic (exact) mass is 275 g/mol. The molecule has 8 nitrogen and oxygen atoms in total. The zero-order valence-electron chi connectivity index (χ0n) is 11.3. The van der Waals surface area contributed by atoms with Gasteiger partial charge in [-0.15, -0.1) is 0 Å². The van der Waals surface area contributed by atoms with Gasteiger partial charge in [-0.25, -0.2) is 9.59 Å². The highest BCUT2D eigenvalue weighted by Gasteiger charge is 2.27. The van der Waals surface area contributed by atoms with Crippen molar-refractivity contribution in [1.29, 1.82) is 0 Å². The van der Waals surface area contributed by atoms with Crippen molar-refractivity contribution in [2.24, 2.45) is 0 Å². The molecular formula is C11H21N3O5. The summed E-state index contributed by atoms with van der Waals surface area (Å²) in [6.45, 7) is 3.24. The fraction of sp³-hybridized carbons (Fsp3) is 0.727. The van der Waals surface area contributed by atoms with E-state index >= 15 is 0 Å². The number of nitrogens with one attached hydrogen (secondary N) is 2. The number of carboxylic acids is 1. The first-order valence-corrected chi connectivity index (χ1v) is 6.00. The Morgan fingerprint density at radius 3 is 2.26 bits per heavy atom. The van der Waals surface area contributed by atoms with Crippen LogP contribution >= 0.6 is 0 Å². The van der Waals surface area contributed by atoms with Crippen molar-refractivity contribution in [2.45, 2.75) is 32.4 Å². The summed E-state index contributed by atoms with van der Waals surface area (Å²) in [4.78, 5) is 35.2. The second-order valence-corrected chi connectivity index (χ2v) is 4.10. The molecule has 0 aliphatic carbocycles. The molecule has 0 fully saturated rings. The third-order valence-corrected chi connectivity index (χ3v) is 2.42. The Morgan fingerprint density at radius 1 is 1.32 bits per heavy atom. The molecule has 0 bridgehead atoms. The summed E-state index contributed by atoms with van der Waals surface area (Å²) in [6, 6.07) is -2.10. The predicted octanol–water partition coefficient (Wildman–Crippen LogP) is -1.01. The van der Waals surface area contributed by atoms with E-state index in [1.54, 1.807) is 0 Å². The summed E-state index contributed by atoms with van der Waals surface area (Å²) in [5, 5.41) is 22.7. The van der Waals surface area contributed by atoms with Gasteiger partial charge in [0.25, 0.3) is 0 Å². The van der Waals surface area contributed by atoms with Gasteiger partial charge < -0.3 is 25.7 Å². The summed E-state index contributed by atoms with van der Waals surface area (Å²) < 4.78 is 0. The average molecular weight is 275 g/mol.